The molecule has 8 N–H and O–H groups in total. The van der Waals surface area contributed by atoms with Gasteiger partial charge in [0.05, 0.1) is 11.4 Å². The first-order valence-corrected chi connectivity index (χ1v) is 18.3. The van der Waals surface area contributed by atoms with Gasteiger partial charge in [-0.2, -0.15) is 16.8 Å². The molecule has 16 nitrogen and oxygen atoms in total. The molecule has 4 amide bonds. The fraction of sp³-hybridized carbons (Fsp3) is 0. The Morgan fingerprint density at radius 3 is 1.19 bits per heavy atom. The van der Waals surface area contributed by atoms with E-state index < -0.39 is 65.2 Å². The van der Waals surface area contributed by atoms with Crippen molar-refractivity contribution in [1.29, 1.82) is 0 Å². The zero-order valence-corrected chi connectivity index (χ0v) is 28.9. The quantitative estimate of drug-likeness (QED) is 0.0579. The van der Waals surface area contributed by atoms with E-state index in [0.29, 0.717) is 0 Å². The van der Waals surface area contributed by atoms with Gasteiger partial charge in [-0.25, -0.2) is 0 Å². The largest absolute Gasteiger partial charge is 0.505 e. The van der Waals surface area contributed by atoms with Gasteiger partial charge in [0.2, 0.25) is 0 Å². The van der Waals surface area contributed by atoms with Crippen molar-refractivity contribution in [1.82, 2.24) is 0 Å². The molecule has 0 radical (unpaired) electrons. The fourth-order valence-corrected chi connectivity index (χ4v) is 6.93. The molecule has 0 aromatic heterocycles. The van der Waals surface area contributed by atoms with E-state index in [-0.39, 0.29) is 55.4 Å². The van der Waals surface area contributed by atoms with Crippen LogP contribution in [-0.4, -0.2) is 59.8 Å². The number of hydrogen-bond donors (Lipinski definition) is 8. The van der Waals surface area contributed by atoms with Gasteiger partial charge in [-0.05, 0) is 60.7 Å². The second-order valence-corrected chi connectivity index (χ2v) is 14.3. The smallest absolute Gasteiger partial charge is 0.314 e. The molecule has 0 heterocycles. The van der Waals surface area contributed by atoms with Crippen molar-refractivity contribution < 1.29 is 55.3 Å². The van der Waals surface area contributed by atoms with E-state index in [4.69, 9.17) is 0 Å². The highest BCUT2D eigenvalue weighted by atomic mass is 32.2. The summed E-state index contributed by atoms with van der Waals surface area (Å²) in [6.45, 7) is 0. The summed E-state index contributed by atoms with van der Waals surface area (Å²) in [6, 6.07) is 23.8. The van der Waals surface area contributed by atoms with E-state index >= 15 is 0 Å². The average molecular weight is 771 g/mol. The molecular weight excluding hydrogens is 745 g/mol. The van der Waals surface area contributed by atoms with Crippen LogP contribution in [0.1, 0.15) is 20.7 Å². The number of nitrogens with one attached hydrogen (secondary N) is 4. The molecule has 274 valence electrons. The van der Waals surface area contributed by atoms with Gasteiger partial charge in [0.25, 0.3) is 32.1 Å². The molecule has 0 unspecified atom stereocenters. The molecule has 0 aliphatic rings. The van der Waals surface area contributed by atoms with Crippen LogP contribution in [0.2, 0.25) is 0 Å². The van der Waals surface area contributed by atoms with Crippen LogP contribution in [0.5, 0.6) is 11.5 Å². The highest BCUT2D eigenvalue weighted by molar-refractivity contribution is 7.86. The lowest BCUT2D eigenvalue weighted by Crippen LogP contribution is -2.29. The zero-order valence-electron chi connectivity index (χ0n) is 27.3. The van der Waals surface area contributed by atoms with E-state index in [1.54, 1.807) is 0 Å². The summed E-state index contributed by atoms with van der Waals surface area (Å²) in [5.41, 5.74) is -0.0318. The molecule has 0 saturated carbocycles. The first-order valence-electron chi connectivity index (χ1n) is 15.4. The average Bonchev–Trinajstić information content (AvgIpc) is 3.13. The molecule has 0 spiro atoms. The Balaban J connectivity index is 1.11. The standard InChI is InChI=1S/C36H26N4O12S2/c41-31-25-9-3-11-29(53(47,48)49)23(25)13-15-27(31)39-33(43)19-5-1-7-21(17-19)37-35(45)36(46)38-22-8-2-6-20(18-22)34(44)40-28-16-14-24-26(32(28)42)10-4-12-30(24)54(50,51)52/h1-18,41-42H,(H,37,45)(H,38,46)(H,39,43)(H,40,44)(H,47,48,49)(H,50,51,52). The Morgan fingerprint density at radius 1 is 0.444 bits per heavy atom. The number of aromatic hydroxyl groups is 2. The van der Waals surface area contributed by atoms with Crippen LogP contribution < -0.4 is 21.3 Å². The summed E-state index contributed by atoms with van der Waals surface area (Å²) in [4.78, 5) is 50.8. The topological polar surface area (TPSA) is 266 Å². The van der Waals surface area contributed by atoms with Gasteiger partial charge >= 0.3 is 11.8 Å². The number of benzene rings is 6. The molecule has 0 saturated heterocycles. The van der Waals surface area contributed by atoms with Gasteiger partial charge in [-0.1, -0.05) is 48.5 Å². The second kappa shape index (κ2) is 14.3. The Labute approximate surface area is 305 Å². The molecule has 0 fully saturated rings. The molecule has 6 aromatic carbocycles. The van der Waals surface area contributed by atoms with Crippen LogP contribution in [0.15, 0.2) is 119 Å². The van der Waals surface area contributed by atoms with Gasteiger partial charge in [0, 0.05) is 44.0 Å². The first kappa shape index (κ1) is 36.9. The Morgan fingerprint density at radius 2 is 0.815 bits per heavy atom. The summed E-state index contributed by atoms with van der Waals surface area (Å²) in [6.07, 6.45) is 0. The summed E-state index contributed by atoms with van der Waals surface area (Å²) in [5.74, 6) is -4.64. The van der Waals surface area contributed by atoms with E-state index in [1.165, 1.54) is 97.1 Å². The number of carbonyl (C=O) groups is 4. The summed E-state index contributed by atoms with van der Waals surface area (Å²) < 4.78 is 65.9. The number of hydrogen-bond acceptors (Lipinski definition) is 10. The number of amides is 4. The van der Waals surface area contributed by atoms with Crippen LogP contribution in [0.25, 0.3) is 21.5 Å². The van der Waals surface area contributed by atoms with Gasteiger partial charge in [0.1, 0.15) is 21.3 Å². The number of phenols is 2. The maximum Gasteiger partial charge on any atom is 0.314 e. The lowest BCUT2D eigenvalue weighted by molar-refractivity contribution is -0.132. The molecule has 6 aromatic rings. The number of phenolic OH excluding ortho intramolecular Hbond substituents is 2. The first-order chi connectivity index (χ1) is 25.5. The molecule has 18 heteroatoms. The van der Waals surface area contributed by atoms with Crippen molar-refractivity contribution >= 4 is 88.2 Å². The van der Waals surface area contributed by atoms with Crippen molar-refractivity contribution in [2.24, 2.45) is 0 Å². The Bertz CT molecular complexity index is 2600. The zero-order chi connectivity index (χ0) is 38.9. The maximum absolute atomic E-state index is 13.0. The minimum absolute atomic E-state index is 0.00873. The number of fused-ring (bicyclic) bond motifs is 2. The lowest BCUT2D eigenvalue weighted by atomic mass is 10.1. The van der Waals surface area contributed by atoms with Gasteiger partial charge in [-0.15, -0.1) is 0 Å². The maximum atomic E-state index is 13.0. The molecule has 0 aliphatic heterocycles. The van der Waals surface area contributed by atoms with Gasteiger partial charge in [0.15, 0.2) is 0 Å². The van der Waals surface area contributed by atoms with Crippen LogP contribution in [0, 0.1) is 0 Å². The predicted molar refractivity (Wildman–Crippen MR) is 197 cm³/mol. The van der Waals surface area contributed by atoms with Crippen molar-refractivity contribution in [3.8, 4) is 11.5 Å². The molecule has 0 atom stereocenters. The molecule has 6 rings (SSSR count). The third kappa shape index (κ3) is 7.66. The third-order valence-electron chi connectivity index (χ3n) is 8.01. The summed E-state index contributed by atoms with van der Waals surface area (Å²) >= 11 is 0. The normalized spacial score (nSPS) is 11.5. The highest BCUT2D eigenvalue weighted by Crippen LogP contribution is 2.37. The molecule has 54 heavy (non-hydrogen) atoms. The minimum atomic E-state index is -4.60. The van der Waals surface area contributed by atoms with Crippen molar-refractivity contribution in [2.45, 2.75) is 9.79 Å². The summed E-state index contributed by atoms with van der Waals surface area (Å²) in [5, 5.41) is 31.3. The Hall–Kier alpha value is -6.86. The second-order valence-electron chi connectivity index (χ2n) is 11.6. The van der Waals surface area contributed by atoms with Crippen LogP contribution in [0.3, 0.4) is 0 Å². The highest BCUT2D eigenvalue weighted by Gasteiger charge is 2.21. The van der Waals surface area contributed by atoms with Crippen molar-refractivity contribution in [3.05, 3.63) is 120 Å². The molecule has 0 bridgehead atoms. The van der Waals surface area contributed by atoms with Crippen LogP contribution in [0.4, 0.5) is 22.7 Å². The van der Waals surface area contributed by atoms with Crippen LogP contribution >= 0.6 is 0 Å². The van der Waals surface area contributed by atoms with E-state index in [9.17, 15) is 55.3 Å². The summed E-state index contributed by atoms with van der Waals surface area (Å²) in [7, 11) is -9.19. The molecule has 0 aliphatic carbocycles. The van der Waals surface area contributed by atoms with Crippen LogP contribution in [-0.2, 0) is 29.8 Å². The van der Waals surface area contributed by atoms with E-state index in [0.717, 1.165) is 12.1 Å². The minimum Gasteiger partial charge on any atom is -0.505 e. The third-order valence-corrected chi connectivity index (χ3v) is 9.83. The van der Waals surface area contributed by atoms with Gasteiger partial charge in [-0.3, -0.25) is 28.3 Å². The fourth-order valence-electron chi connectivity index (χ4n) is 5.52. The molecular formula is C36H26N4O12S2. The van der Waals surface area contributed by atoms with Gasteiger partial charge < -0.3 is 31.5 Å². The monoisotopic (exact) mass is 770 g/mol. The lowest BCUT2D eigenvalue weighted by Gasteiger charge is -2.12. The van der Waals surface area contributed by atoms with Crippen molar-refractivity contribution in [2.75, 3.05) is 21.3 Å². The number of anilines is 4. The van der Waals surface area contributed by atoms with Crippen molar-refractivity contribution in [3.63, 3.8) is 0 Å². The number of rotatable bonds is 8. The van der Waals surface area contributed by atoms with E-state index in [1.807, 2.05) is 0 Å². The number of carbonyl (C=O) groups excluding carboxylic acids is 4. The Kier molecular flexibility index (Phi) is 9.76. The van der Waals surface area contributed by atoms with E-state index in [2.05, 4.69) is 21.3 Å². The predicted octanol–water partition coefficient (Wildman–Crippen LogP) is 4.98. The SMILES string of the molecule is O=C(Nc1cccc(C(=O)Nc2ccc3c(S(=O)(=O)O)cccc3c2O)c1)C(=O)Nc1cccc(C(=O)Nc2ccc3c(S(=O)(=O)O)cccc3c2O)c1.